The van der Waals surface area contributed by atoms with Crippen LogP contribution in [-0.4, -0.2) is 152 Å². The summed E-state index contributed by atoms with van der Waals surface area (Å²) in [6, 6.07) is 0. The van der Waals surface area contributed by atoms with E-state index < -0.39 is 53.4 Å². The van der Waals surface area contributed by atoms with Gasteiger partial charge in [0.25, 0.3) is 0 Å². The molecule has 0 spiro atoms. The molecule has 0 N–H and O–H groups in total. The van der Waals surface area contributed by atoms with E-state index in [1.807, 2.05) is 0 Å². The molecule has 2 aliphatic rings. The third-order valence-electron chi connectivity index (χ3n) is 10.3. The van der Waals surface area contributed by atoms with Crippen LogP contribution >= 0.6 is 94.1 Å². The molecule has 0 atom stereocenters. The van der Waals surface area contributed by atoms with Crippen LogP contribution in [-0.2, 0) is 0 Å². The second-order valence-corrected chi connectivity index (χ2v) is 24.9. The van der Waals surface area contributed by atoms with Crippen molar-refractivity contribution in [2.24, 2.45) is 0 Å². The summed E-state index contributed by atoms with van der Waals surface area (Å²) in [6.45, 7) is -3.72. The molecule has 73 heavy (non-hydrogen) atoms. The second-order valence-electron chi connectivity index (χ2n) is 16.1. The summed E-state index contributed by atoms with van der Waals surface area (Å²) in [5, 5.41) is 0. The fraction of sp³-hybridized carbons (Fsp3) is 0.667. The molecule has 8 bridgehead atoms. The van der Waals surface area contributed by atoms with Crippen molar-refractivity contribution in [1.29, 1.82) is 0 Å². The Morgan fingerprint density at radius 2 is 0.438 bits per heavy atom. The third-order valence-corrected chi connectivity index (χ3v) is 20.2. The van der Waals surface area contributed by atoms with Crippen LogP contribution in [0.4, 0.5) is 35.1 Å². The Morgan fingerprint density at radius 3 is 0.658 bits per heavy atom. The second kappa shape index (κ2) is 38.8. The van der Waals surface area contributed by atoms with E-state index in [9.17, 15) is 35.1 Å². The number of fused-ring (bicyclic) bond motifs is 8. The monoisotopic (exact) mass is 1180 g/mol. The first-order valence-electron chi connectivity index (χ1n) is 24.7. The number of nitrogens with zero attached hydrogens (tertiary/aromatic N) is 8. The molecule has 3 aromatic heterocycles. The Morgan fingerprint density at radius 1 is 0.247 bits per heavy atom. The maximum Gasteiger partial charge on any atom is 2.00 e. The molecule has 0 aliphatic carbocycles. The Hall–Kier alpha value is -0.674. The first kappa shape index (κ1) is 64.8. The molecular formula is C48H64F8MgN8S8. The Balaban J connectivity index is 0.0000116. The summed E-state index contributed by atoms with van der Waals surface area (Å²) in [6.07, 6.45) is 7.55. The predicted octanol–water partition coefficient (Wildman–Crippen LogP) is 15.7. The molecule has 0 amide bonds. The molecule has 5 heterocycles. The maximum atomic E-state index is 13.5. The van der Waals surface area contributed by atoms with E-state index >= 15 is 0 Å². The Labute approximate surface area is 475 Å². The number of alkyl halides is 8. The van der Waals surface area contributed by atoms with Crippen molar-refractivity contribution in [3.63, 3.8) is 0 Å². The van der Waals surface area contributed by atoms with Gasteiger partial charge in [-0.15, -0.1) is 94.1 Å². The van der Waals surface area contributed by atoms with Gasteiger partial charge in [0.2, 0.25) is 0 Å². The summed E-state index contributed by atoms with van der Waals surface area (Å²) in [5.74, 6) is 5.64. The van der Waals surface area contributed by atoms with Crippen molar-refractivity contribution >= 4 is 159 Å². The first-order chi connectivity index (χ1) is 35.5. The van der Waals surface area contributed by atoms with Gasteiger partial charge in [-0.3, -0.25) is 35.1 Å². The minimum atomic E-state index is -0.465. The molecular weight excluding hydrogens is 1120 g/mol. The van der Waals surface area contributed by atoms with Gasteiger partial charge >= 0.3 is 23.1 Å². The van der Waals surface area contributed by atoms with Crippen LogP contribution in [0.25, 0.3) is 42.2 Å². The molecule has 0 fully saturated rings. The number of hydrogen-bond donors (Lipinski definition) is 0. The molecule has 0 saturated carbocycles. The van der Waals surface area contributed by atoms with Crippen LogP contribution in [0.5, 0.6) is 0 Å². The summed E-state index contributed by atoms with van der Waals surface area (Å²) >= 11 is 11.9. The van der Waals surface area contributed by atoms with Crippen LogP contribution in [0.3, 0.4) is 0 Å². The number of hydrogen-bond acceptors (Lipinski definition) is 14. The van der Waals surface area contributed by atoms with Gasteiger partial charge < -0.3 is 24.9 Å². The number of unbranched alkanes of at least 4 members (excludes halogenated alkanes) is 8. The van der Waals surface area contributed by atoms with E-state index in [1.165, 1.54) is 94.1 Å². The van der Waals surface area contributed by atoms with Gasteiger partial charge in [-0.05, 0) is 149 Å². The maximum absolute atomic E-state index is 13.5. The van der Waals surface area contributed by atoms with Gasteiger partial charge in [0.15, 0.2) is 11.6 Å². The van der Waals surface area contributed by atoms with Gasteiger partial charge in [0.05, 0.1) is 73.0 Å². The first-order valence-corrected chi connectivity index (χ1v) is 32.5. The molecule has 0 aromatic carbocycles. The minimum absolute atomic E-state index is 0. The van der Waals surface area contributed by atoms with Crippen molar-refractivity contribution in [3.8, 4) is 0 Å². The van der Waals surface area contributed by atoms with Gasteiger partial charge in [0.1, 0.15) is 11.6 Å². The van der Waals surface area contributed by atoms with E-state index in [0.29, 0.717) is 234 Å². The SMILES string of the molecule is FCCCCSC1=C(SCCCCF)c2nc1nc1nc(nc3[n-]c(nc4[n-]c(n2)c(SCCCCF)c4SCCCCF)c(SCCCCF)c3SCCCCF)C(SCCCCF)=C1SCCCCF.[Mg+2]. The number of rotatable bonds is 40. The van der Waals surface area contributed by atoms with Crippen LogP contribution < -0.4 is 9.97 Å². The molecule has 402 valence electrons. The summed E-state index contributed by atoms with van der Waals surface area (Å²) in [7, 11) is 0. The molecule has 0 radical (unpaired) electrons. The summed E-state index contributed by atoms with van der Waals surface area (Å²) in [5.41, 5.74) is 1.29. The molecule has 0 saturated heterocycles. The van der Waals surface area contributed by atoms with E-state index in [1.54, 1.807) is 0 Å². The molecule has 8 nitrogen and oxygen atoms in total. The largest absolute Gasteiger partial charge is 2.00 e. The average molecular weight is 1190 g/mol. The Bertz CT molecular complexity index is 2160. The van der Waals surface area contributed by atoms with Gasteiger partial charge in [-0.2, -0.15) is 0 Å². The molecule has 0 unspecified atom stereocenters. The predicted molar refractivity (Wildman–Crippen MR) is 304 cm³/mol. The standard InChI is InChI=1S/C48H64F8N8S8.Mg/c49-17-1-9-25-65-33-34(66-26-10-2-18-50)42-57-41(33)61-43-35(67-27-11-3-19-51)36(68-28-12-4-20-52)45(58-43)63-47-39(71-31-15-7-23-55)40(72-32-16-8-24-56)48(60-47)64-46-38(70-30-14-6-22-54)37(44(59-46)62-42)69-29-13-5-21-53;/h1-32H2;/q-2;+2. The van der Waals surface area contributed by atoms with E-state index in [4.69, 9.17) is 39.9 Å². The fourth-order valence-corrected chi connectivity index (χ4v) is 16.0. The van der Waals surface area contributed by atoms with Crippen molar-refractivity contribution in [1.82, 2.24) is 39.9 Å². The minimum Gasteiger partial charge on any atom is -0.356 e. The molecule has 5 rings (SSSR count). The number of thioether (sulfide) groups is 8. The topological polar surface area (TPSA) is 106 Å². The smallest absolute Gasteiger partial charge is 0.356 e. The fourth-order valence-electron chi connectivity index (χ4n) is 6.63. The van der Waals surface area contributed by atoms with Gasteiger partial charge in [-0.25, -0.2) is 15.0 Å². The summed E-state index contributed by atoms with van der Waals surface area (Å²) in [4.78, 5) is 47.0. The van der Waals surface area contributed by atoms with Crippen LogP contribution in [0, 0.1) is 0 Å². The van der Waals surface area contributed by atoms with Crippen LogP contribution in [0.2, 0.25) is 0 Å². The number of aromatic nitrogens is 8. The zero-order valence-corrected chi connectivity index (χ0v) is 49.1. The molecule has 3 aromatic rings. The number of halogens is 8. The normalized spacial score (nSPS) is 12.7. The van der Waals surface area contributed by atoms with Crippen LogP contribution in [0.1, 0.15) is 126 Å². The van der Waals surface area contributed by atoms with Crippen LogP contribution in [0.15, 0.2) is 19.6 Å². The van der Waals surface area contributed by atoms with Crippen molar-refractivity contribution < 1.29 is 35.1 Å². The molecule has 2 aliphatic heterocycles. The molecule has 25 heteroatoms. The zero-order valence-electron chi connectivity index (χ0n) is 41.2. The van der Waals surface area contributed by atoms with Crippen molar-refractivity contribution in [2.45, 2.75) is 122 Å². The quantitative estimate of drug-likeness (QED) is 0.0233. The average Bonchev–Trinajstić information content (AvgIpc) is 4.09. The van der Waals surface area contributed by atoms with E-state index in [2.05, 4.69) is 0 Å². The zero-order chi connectivity index (χ0) is 51.2. The Kier molecular flexibility index (Phi) is 34.5. The van der Waals surface area contributed by atoms with Crippen molar-refractivity contribution in [2.75, 3.05) is 99.4 Å². The summed E-state index contributed by atoms with van der Waals surface area (Å²) < 4.78 is 108. The third kappa shape index (κ3) is 21.1. The van der Waals surface area contributed by atoms with Gasteiger partial charge in [-0.1, -0.05) is 0 Å². The van der Waals surface area contributed by atoms with Gasteiger partial charge in [0, 0.05) is 42.2 Å². The van der Waals surface area contributed by atoms with Crippen molar-refractivity contribution in [3.05, 3.63) is 23.3 Å². The van der Waals surface area contributed by atoms with E-state index in [0.717, 1.165) is 0 Å². The van der Waals surface area contributed by atoms with E-state index in [-0.39, 0.29) is 23.1 Å².